The monoisotopic (exact) mass is 392 g/mol. The lowest BCUT2D eigenvalue weighted by molar-refractivity contribution is 0.967. The minimum Gasteiger partial charge on any atom is -0.399 e. The minimum atomic E-state index is 0.747. The summed E-state index contributed by atoms with van der Waals surface area (Å²) >= 11 is 6.04. The summed E-state index contributed by atoms with van der Waals surface area (Å²) in [5, 5.41) is 0.747. The Morgan fingerprint density at radius 1 is 0.929 bits per heavy atom. The maximum atomic E-state index is 6.04. The van der Waals surface area contributed by atoms with Crippen LogP contribution in [0.1, 0.15) is 37.5 Å². The largest absolute Gasteiger partial charge is 0.399 e. The van der Waals surface area contributed by atoms with Crippen molar-refractivity contribution in [1.82, 2.24) is 0 Å². The zero-order chi connectivity index (χ0) is 20.5. The predicted molar refractivity (Wildman–Crippen MR) is 125 cm³/mol. The molecule has 3 rings (SSSR count). The van der Waals surface area contributed by atoms with Crippen LogP contribution in [-0.4, -0.2) is 12.3 Å². The zero-order valence-electron chi connectivity index (χ0n) is 17.2. The lowest BCUT2D eigenvalue weighted by Gasteiger charge is -2.11. The highest BCUT2D eigenvalue weighted by molar-refractivity contribution is 6.30. The first-order valence-electron chi connectivity index (χ1n) is 9.75. The van der Waals surface area contributed by atoms with E-state index in [2.05, 4.69) is 56.3 Å². The summed E-state index contributed by atoms with van der Waals surface area (Å²) in [6, 6.07) is 22.5. The SMILES string of the molecule is CC.CC(=NCCc1ccc(N)cc1)c1ccc(C)cc1-c1ccc(Cl)cc1. The van der Waals surface area contributed by atoms with Crippen molar-refractivity contribution in [3.8, 4) is 11.1 Å². The number of nitrogens with two attached hydrogens (primary N) is 1. The van der Waals surface area contributed by atoms with Crippen LogP contribution in [0.5, 0.6) is 0 Å². The van der Waals surface area contributed by atoms with Gasteiger partial charge in [-0.3, -0.25) is 4.99 Å². The molecule has 0 saturated carbocycles. The van der Waals surface area contributed by atoms with Crippen molar-refractivity contribution >= 4 is 23.0 Å². The molecule has 28 heavy (non-hydrogen) atoms. The van der Waals surface area contributed by atoms with E-state index in [4.69, 9.17) is 22.3 Å². The van der Waals surface area contributed by atoms with E-state index in [0.29, 0.717) is 0 Å². The Hall–Kier alpha value is -2.58. The summed E-state index contributed by atoms with van der Waals surface area (Å²) in [5.74, 6) is 0. The van der Waals surface area contributed by atoms with Gasteiger partial charge in [-0.1, -0.05) is 73.5 Å². The number of rotatable bonds is 5. The van der Waals surface area contributed by atoms with Crippen LogP contribution in [0, 0.1) is 6.92 Å². The molecule has 0 aliphatic heterocycles. The number of aryl methyl sites for hydroxylation is 1. The molecular formula is C25H29ClN2. The van der Waals surface area contributed by atoms with E-state index in [1.807, 2.05) is 38.1 Å². The number of benzene rings is 3. The number of hydrogen-bond acceptors (Lipinski definition) is 2. The van der Waals surface area contributed by atoms with E-state index in [1.54, 1.807) is 0 Å². The number of anilines is 1. The molecule has 3 aromatic carbocycles. The molecule has 0 bridgehead atoms. The maximum Gasteiger partial charge on any atom is 0.0433 e. The molecule has 3 aromatic rings. The lowest BCUT2D eigenvalue weighted by Crippen LogP contribution is -2.01. The van der Waals surface area contributed by atoms with Gasteiger partial charge in [0.1, 0.15) is 0 Å². The molecule has 0 atom stereocenters. The smallest absolute Gasteiger partial charge is 0.0433 e. The highest BCUT2D eigenvalue weighted by Crippen LogP contribution is 2.27. The van der Waals surface area contributed by atoms with Crippen LogP contribution in [0.15, 0.2) is 71.7 Å². The number of hydrogen-bond donors (Lipinski definition) is 1. The summed E-state index contributed by atoms with van der Waals surface area (Å²) in [6.07, 6.45) is 0.903. The van der Waals surface area contributed by atoms with Gasteiger partial charge in [-0.05, 0) is 61.2 Å². The Morgan fingerprint density at radius 2 is 1.57 bits per heavy atom. The van der Waals surface area contributed by atoms with Gasteiger partial charge in [-0.15, -0.1) is 0 Å². The fraction of sp³-hybridized carbons (Fsp3) is 0.240. The van der Waals surface area contributed by atoms with Crippen LogP contribution < -0.4 is 5.73 Å². The average Bonchev–Trinajstić information content (AvgIpc) is 2.71. The van der Waals surface area contributed by atoms with Crippen molar-refractivity contribution in [2.75, 3.05) is 12.3 Å². The van der Waals surface area contributed by atoms with Crippen molar-refractivity contribution in [3.05, 3.63) is 88.4 Å². The molecular weight excluding hydrogens is 364 g/mol. The Morgan fingerprint density at radius 3 is 2.21 bits per heavy atom. The quantitative estimate of drug-likeness (QED) is 0.369. The van der Waals surface area contributed by atoms with Crippen LogP contribution in [0.2, 0.25) is 5.02 Å². The summed E-state index contributed by atoms with van der Waals surface area (Å²) in [5.41, 5.74) is 13.6. The van der Waals surface area contributed by atoms with Crippen molar-refractivity contribution in [1.29, 1.82) is 0 Å². The molecule has 0 amide bonds. The normalized spacial score (nSPS) is 11.0. The first kappa shape index (κ1) is 21.7. The van der Waals surface area contributed by atoms with Gasteiger partial charge in [0, 0.05) is 28.5 Å². The van der Waals surface area contributed by atoms with Crippen LogP contribution in [-0.2, 0) is 6.42 Å². The number of aliphatic imine (C=N–C) groups is 1. The highest BCUT2D eigenvalue weighted by atomic mass is 35.5. The molecule has 2 nitrogen and oxygen atoms in total. The fourth-order valence-corrected chi connectivity index (χ4v) is 3.09. The minimum absolute atomic E-state index is 0.747. The van der Waals surface area contributed by atoms with Crippen molar-refractivity contribution in [2.24, 2.45) is 4.99 Å². The number of nitrogen functional groups attached to an aromatic ring is 1. The van der Waals surface area contributed by atoms with Gasteiger partial charge in [0.05, 0.1) is 0 Å². The maximum absolute atomic E-state index is 6.04. The van der Waals surface area contributed by atoms with Crippen molar-refractivity contribution < 1.29 is 0 Å². The number of halogens is 1. The van der Waals surface area contributed by atoms with Gasteiger partial charge >= 0.3 is 0 Å². The zero-order valence-corrected chi connectivity index (χ0v) is 17.9. The van der Waals surface area contributed by atoms with Crippen molar-refractivity contribution in [2.45, 2.75) is 34.1 Å². The van der Waals surface area contributed by atoms with Crippen LogP contribution in [0.3, 0.4) is 0 Å². The molecule has 0 spiro atoms. The second-order valence-electron chi connectivity index (χ2n) is 6.51. The first-order chi connectivity index (χ1) is 13.5. The molecule has 0 aromatic heterocycles. The third-order valence-electron chi connectivity index (χ3n) is 4.45. The fourth-order valence-electron chi connectivity index (χ4n) is 2.96. The van der Waals surface area contributed by atoms with Gasteiger partial charge in [0.2, 0.25) is 0 Å². The van der Waals surface area contributed by atoms with E-state index in [1.165, 1.54) is 16.7 Å². The molecule has 2 N–H and O–H groups in total. The van der Waals surface area contributed by atoms with E-state index >= 15 is 0 Å². The van der Waals surface area contributed by atoms with Gasteiger partial charge < -0.3 is 5.73 Å². The van der Waals surface area contributed by atoms with E-state index < -0.39 is 0 Å². The first-order valence-corrected chi connectivity index (χ1v) is 10.1. The van der Waals surface area contributed by atoms with E-state index in [9.17, 15) is 0 Å². The molecule has 0 unspecified atom stereocenters. The lowest BCUT2D eigenvalue weighted by atomic mass is 9.95. The average molecular weight is 393 g/mol. The number of nitrogens with zero attached hydrogens (tertiary/aromatic N) is 1. The third-order valence-corrected chi connectivity index (χ3v) is 4.70. The summed E-state index contributed by atoms with van der Waals surface area (Å²) < 4.78 is 0. The molecule has 3 heteroatoms. The Labute approximate surface area is 174 Å². The van der Waals surface area contributed by atoms with Gasteiger partial charge in [-0.2, -0.15) is 0 Å². The van der Waals surface area contributed by atoms with Crippen LogP contribution >= 0.6 is 11.6 Å². The Kier molecular flexibility index (Phi) is 8.28. The second-order valence-corrected chi connectivity index (χ2v) is 6.95. The van der Waals surface area contributed by atoms with Gasteiger partial charge in [0.15, 0.2) is 0 Å². The molecule has 0 heterocycles. The molecule has 0 saturated heterocycles. The van der Waals surface area contributed by atoms with Gasteiger partial charge in [-0.25, -0.2) is 0 Å². The van der Waals surface area contributed by atoms with Crippen LogP contribution in [0.4, 0.5) is 5.69 Å². The summed E-state index contributed by atoms with van der Waals surface area (Å²) in [7, 11) is 0. The summed E-state index contributed by atoms with van der Waals surface area (Å²) in [4.78, 5) is 4.80. The molecule has 0 aliphatic carbocycles. The molecule has 0 radical (unpaired) electrons. The van der Waals surface area contributed by atoms with Gasteiger partial charge in [0.25, 0.3) is 0 Å². The topological polar surface area (TPSA) is 38.4 Å². The molecule has 146 valence electrons. The predicted octanol–water partition coefficient (Wildman–Crippen LogP) is 6.98. The van der Waals surface area contributed by atoms with Crippen molar-refractivity contribution in [3.63, 3.8) is 0 Å². The van der Waals surface area contributed by atoms with E-state index in [0.717, 1.165) is 40.5 Å². The van der Waals surface area contributed by atoms with Crippen LogP contribution in [0.25, 0.3) is 11.1 Å². The standard InChI is InChI=1S/C23H23ClN2.C2H6/c1-16-3-12-22(23(15-16)19-6-8-20(24)9-7-19)17(2)26-14-13-18-4-10-21(25)11-5-18;1-2/h3-12,15H,13-14,25H2,1-2H3;1-2H3. The third kappa shape index (κ3) is 5.97. The molecule has 0 aliphatic rings. The van der Waals surface area contributed by atoms with E-state index in [-0.39, 0.29) is 0 Å². The Bertz CT molecular complexity index is 910. The summed E-state index contributed by atoms with van der Waals surface area (Å²) in [6.45, 7) is 8.94. The highest BCUT2D eigenvalue weighted by Gasteiger charge is 2.08. The second kappa shape index (κ2) is 10.7. The Balaban J connectivity index is 0.00000136. The molecule has 0 fully saturated rings.